The average Bonchev–Trinajstić information content (AvgIpc) is 3.05. The average molecular weight is 447 g/mol. The molecule has 4 nitrogen and oxygen atoms in total. The number of alkyl halides is 3. The molecule has 1 saturated heterocycles. The van der Waals surface area contributed by atoms with Gasteiger partial charge in [-0.2, -0.15) is 0 Å². The Balaban J connectivity index is 1.36. The first-order valence-corrected chi connectivity index (χ1v) is 11.3. The molecule has 0 atom stereocenters. The third-order valence-electron chi connectivity index (χ3n) is 6.41. The second-order valence-corrected chi connectivity index (χ2v) is 8.89. The Morgan fingerprint density at radius 3 is 2.50 bits per heavy atom. The van der Waals surface area contributed by atoms with E-state index in [2.05, 4.69) is 22.2 Å². The summed E-state index contributed by atoms with van der Waals surface area (Å²) in [5.74, 6) is 0.536. The van der Waals surface area contributed by atoms with Crippen LogP contribution in [-0.2, 0) is 19.5 Å². The van der Waals surface area contributed by atoms with Crippen molar-refractivity contribution in [1.82, 2.24) is 10.2 Å². The number of nitrogens with zero attached hydrogens (tertiary/aromatic N) is 1. The van der Waals surface area contributed by atoms with Gasteiger partial charge in [-0.25, -0.2) is 0 Å². The van der Waals surface area contributed by atoms with E-state index in [9.17, 15) is 18.0 Å². The Morgan fingerprint density at radius 1 is 1.09 bits per heavy atom. The van der Waals surface area contributed by atoms with Gasteiger partial charge in [-0.15, -0.1) is 13.2 Å². The normalized spacial score (nSPS) is 17.0. The summed E-state index contributed by atoms with van der Waals surface area (Å²) >= 11 is 0. The molecule has 172 valence electrons. The van der Waals surface area contributed by atoms with Gasteiger partial charge in [0.15, 0.2) is 0 Å². The fourth-order valence-corrected chi connectivity index (χ4v) is 4.86. The highest BCUT2D eigenvalue weighted by Gasteiger charge is 2.31. The second-order valence-electron chi connectivity index (χ2n) is 8.89. The van der Waals surface area contributed by atoms with Crippen LogP contribution in [0.25, 0.3) is 0 Å². The number of carbonyl (C=O) groups is 1. The molecule has 0 aromatic heterocycles. The van der Waals surface area contributed by atoms with E-state index < -0.39 is 6.36 Å². The number of piperidine rings is 1. The zero-order valence-electron chi connectivity index (χ0n) is 18.3. The number of ether oxygens (including phenoxy) is 1. The summed E-state index contributed by atoms with van der Waals surface area (Å²) in [5.41, 5.74) is 4.85. The number of amides is 1. The highest BCUT2D eigenvalue weighted by atomic mass is 19.4. The minimum atomic E-state index is -4.71. The van der Waals surface area contributed by atoms with Gasteiger partial charge >= 0.3 is 6.36 Å². The lowest BCUT2D eigenvalue weighted by atomic mass is 9.91. The fraction of sp³-hybridized carbons (Fsp3) is 0.480. The molecule has 2 heterocycles. The topological polar surface area (TPSA) is 41.6 Å². The first-order chi connectivity index (χ1) is 15.3. The second kappa shape index (κ2) is 9.53. The molecular formula is C25H29F3N2O2. The van der Waals surface area contributed by atoms with Crippen molar-refractivity contribution in [3.8, 4) is 5.75 Å². The van der Waals surface area contributed by atoms with Crippen molar-refractivity contribution in [1.29, 1.82) is 0 Å². The summed E-state index contributed by atoms with van der Waals surface area (Å²) in [6.45, 7) is 5.11. The summed E-state index contributed by atoms with van der Waals surface area (Å²) < 4.78 is 40.9. The maximum Gasteiger partial charge on any atom is 0.573 e. The molecule has 2 aliphatic heterocycles. The Hall–Kier alpha value is -2.54. The quantitative estimate of drug-likeness (QED) is 0.622. The van der Waals surface area contributed by atoms with Crippen molar-refractivity contribution < 1.29 is 22.7 Å². The van der Waals surface area contributed by atoms with Crippen molar-refractivity contribution in [2.75, 3.05) is 13.1 Å². The number of hydrogen-bond acceptors (Lipinski definition) is 3. The van der Waals surface area contributed by atoms with E-state index in [-0.39, 0.29) is 11.7 Å². The van der Waals surface area contributed by atoms with Crippen LogP contribution in [-0.4, -0.2) is 30.3 Å². The third kappa shape index (κ3) is 5.63. The number of halogens is 3. The maximum absolute atomic E-state index is 13.0. The van der Waals surface area contributed by atoms with Gasteiger partial charge in [-0.3, -0.25) is 4.79 Å². The molecule has 4 rings (SSSR count). The summed E-state index contributed by atoms with van der Waals surface area (Å²) in [5, 5.41) is 3.41. The van der Waals surface area contributed by atoms with Crippen molar-refractivity contribution in [2.45, 2.75) is 58.5 Å². The summed E-state index contributed by atoms with van der Waals surface area (Å²) in [7, 11) is 0. The molecule has 0 unspecified atom stereocenters. The molecule has 1 amide bonds. The van der Waals surface area contributed by atoms with Crippen molar-refractivity contribution in [2.24, 2.45) is 5.92 Å². The third-order valence-corrected chi connectivity index (χ3v) is 6.41. The first kappa shape index (κ1) is 22.6. The molecule has 2 aliphatic rings. The van der Waals surface area contributed by atoms with Gasteiger partial charge in [0.25, 0.3) is 5.91 Å². The predicted molar refractivity (Wildman–Crippen MR) is 116 cm³/mol. The molecule has 0 aliphatic carbocycles. The Bertz CT molecular complexity index is 951. The lowest BCUT2D eigenvalue weighted by molar-refractivity contribution is -0.274. The molecule has 0 saturated carbocycles. The zero-order chi connectivity index (χ0) is 22.7. The Kier molecular flexibility index (Phi) is 6.74. The predicted octanol–water partition coefficient (Wildman–Crippen LogP) is 5.37. The molecule has 1 fully saturated rings. The molecule has 7 heteroatoms. The number of benzene rings is 2. The Labute approximate surface area is 186 Å². The van der Waals surface area contributed by atoms with E-state index in [1.54, 1.807) is 17.0 Å². The van der Waals surface area contributed by atoms with E-state index >= 15 is 0 Å². The molecule has 2 aromatic rings. The van der Waals surface area contributed by atoms with Crippen LogP contribution in [0, 0.1) is 12.8 Å². The van der Waals surface area contributed by atoms with Gasteiger partial charge in [0.1, 0.15) is 5.75 Å². The van der Waals surface area contributed by atoms with Crippen LogP contribution in [0.1, 0.15) is 58.3 Å². The standard InChI is InChI=1S/C25H29F3N2O2/c1-17-13-20(4-2-3-18-9-11-29-12-10-18)14-21-16-30(24(31)23(17)21)15-19-5-7-22(8-6-19)32-25(26,27)28/h5-8,13-14,18,29H,2-4,9-12,15-16H2,1H3. The largest absolute Gasteiger partial charge is 0.573 e. The summed E-state index contributed by atoms with van der Waals surface area (Å²) in [6, 6.07) is 9.98. The molecule has 1 N–H and O–H groups in total. The highest BCUT2D eigenvalue weighted by Crippen LogP contribution is 2.30. The van der Waals surface area contributed by atoms with E-state index in [0.717, 1.165) is 54.1 Å². The molecule has 0 radical (unpaired) electrons. The first-order valence-electron chi connectivity index (χ1n) is 11.3. The fourth-order valence-electron chi connectivity index (χ4n) is 4.86. The van der Waals surface area contributed by atoms with Crippen LogP contribution in [0.15, 0.2) is 36.4 Å². The highest BCUT2D eigenvalue weighted by molar-refractivity contribution is 5.99. The van der Waals surface area contributed by atoms with E-state index in [1.807, 2.05) is 6.92 Å². The van der Waals surface area contributed by atoms with Crippen LogP contribution in [0.2, 0.25) is 0 Å². The monoisotopic (exact) mass is 446 g/mol. The van der Waals surface area contributed by atoms with E-state index in [0.29, 0.717) is 13.1 Å². The maximum atomic E-state index is 13.0. The summed E-state index contributed by atoms with van der Waals surface area (Å²) in [6.07, 6.45) is 1.24. The van der Waals surface area contributed by atoms with Gasteiger partial charge in [-0.1, -0.05) is 30.7 Å². The Morgan fingerprint density at radius 2 is 1.81 bits per heavy atom. The molecular weight excluding hydrogens is 417 g/mol. The molecule has 0 spiro atoms. The summed E-state index contributed by atoms with van der Waals surface area (Å²) in [4.78, 5) is 14.7. The van der Waals surface area contributed by atoms with Crippen molar-refractivity contribution in [3.05, 3.63) is 64.2 Å². The minimum Gasteiger partial charge on any atom is -0.406 e. The number of rotatable bonds is 7. The van der Waals surface area contributed by atoms with Gasteiger partial charge in [0.05, 0.1) is 0 Å². The van der Waals surface area contributed by atoms with Crippen LogP contribution >= 0.6 is 0 Å². The lowest BCUT2D eigenvalue weighted by Crippen LogP contribution is -2.27. The van der Waals surface area contributed by atoms with E-state index in [4.69, 9.17) is 0 Å². The molecule has 2 aromatic carbocycles. The number of fused-ring (bicyclic) bond motifs is 1. The van der Waals surface area contributed by atoms with Crippen LogP contribution in [0.4, 0.5) is 13.2 Å². The number of nitrogens with one attached hydrogen (secondary N) is 1. The number of aryl methyl sites for hydroxylation is 2. The minimum absolute atomic E-state index is 0.0191. The molecule has 0 bridgehead atoms. The van der Waals surface area contributed by atoms with Gasteiger partial charge in [0.2, 0.25) is 0 Å². The van der Waals surface area contributed by atoms with Crippen molar-refractivity contribution in [3.63, 3.8) is 0 Å². The number of carbonyl (C=O) groups excluding carboxylic acids is 1. The zero-order valence-corrected chi connectivity index (χ0v) is 18.3. The van der Waals surface area contributed by atoms with Crippen LogP contribution < -0.4 is 10.1 Å². The van der Waals surface area contributed by atoms with Crippen LogP contribution in [0.5, 0.6) is 5.75 Å². The van der Waals surface area contributed by atoms with Crippen molar-refractivity contribution >= 4 is 5.91 Å². The lowest BCUT2D eigenvalue weighted by Gasteiger charge is -2.22. The molecule has 32 heavy (non-hydrogen) atoms. The van der Waals surface area contributed by atoms with Gasteiger partial charge < -0.3 is 15.0 Å². The van der Waals surface area contributed by atoms with Crippen LogP contribution in [0.3, 0.4) is 0 Å². The van der Waals surface area contributed by atoms with Gasteiger partial charge in [-0.05, 0) is 86.0 Å². The SMILES string of the molecule is Cc1cc(CCCC2CCNCC2)cc2c1C(=O)N(Cc1ccc(OC(F)(F)F)cc1)C2. The van der Waals surface area contributed by atoms with Gasteiger partial charge in [0, 0.05) is 18.7 Å². The number of hydrogen-bond donors (Lipinski definition) is 1. The van der Waals surface area contributed by atoms with E-state index in [1.165, 1.54) is 37.0 Å². The smallest absolute Gasteiger partial charge is 0.406 e.